The Morgan fingerprint density at radius 1 is 1.13 bits per heavy atom. The van der Waals surface area contributed by atoms with Gasteiger partial charge >= 0.3 is 0 Å². The molecule has 31 heavy (non-hydrogen) atoms. The molecule has 2 N–H and O–H groups in total. The van der Waals surface area contributed by atoms with Gasteiger partial charge in [-0.05, 0) is 37.0 Å². The molecule has 1 atom stereocenters. The van der Waals surface area contributed by atoms with Gasteiger partial charge in [0.15, 0.2) is 0 Å². The lowest BCUT2D eigenvalue weighted by Crippen LogP contribution is -2.38. The van der Waals surface area contributed by atoms with Gasteiger partial charge in [0.1, 0.15) is 10.2 Å². The number of carbonyl (C=O) groups is 1. The molecule has 1 amide bonds. The van der Waals surface area contributed by atoms with Gasteiger partial charge in [0.2, 0.25) is 5.91 Å². The molecule has 0 aliphatic carbocycles. The predicted molar refractivity (Wildman–Crippen MR) is 134 cm³/mol. The molecule has 2 aromatic carbocycles. The number of para-hydroxylation sites is 2. The second-order valence-electron chi connectivity index (χ2n) is 7.66. The molecule has 4 rings (SSSR count). The highest BCUT2D eigenvalue weighted by molar-refractivity contribution is 8.23. The van der Waals surface area contributed by atoms with Crippen LogP contribution in [0.3, 0.4) is 0 Å². The Bertz CT molecular complexity index is 1000. The maximum Gasteiger partial charge on any atom is 0.235 e. The highest BCUT2D eigenvalue weighted by atomic mass is 32.2. The second kappa shape index (κ2) is 10.1. The monoisotopic (exact) mass is 450 g/mol. The third kappa shape index (κ3) is 5.35. The summed E-state index contributed by atoms with van der Waals surface area (Å²) >= 11 is 6.96. The molecular weight excluding hydrogens is 424 g/mol. The van der Waals surface area contributed by atoms with E-state index in [1.807, 2.05) is 54.6 Å². The van der Waals surface area contributed by atoms with E-state index >= 15 is 0 Å². The molecule has 1 fully saturated rings. The molecule has 0 aromatic heterocycles. The predicted octanol–water partition coefficient (Wildman–Crippen LogP) is 5.06. The first-order valence-electron chi connectivity index (χ1n) is 10.5. The fourth-order valence-electron chi connectivity index (χ4n) is 3.86. The molecule has 7 heteroatoms. The number of hydrogen-bond donors (Lipinski definition) is 2. The summed E-state index contributed by atoms with van der Waals surface area (Å²) < 4.78 is 0.800. The molecule has 0 bridgehead atoms. The summed E-state index contributed by atoms with van der Waals surface area (Å²) in [6.45, 7) is 6.22. The standard InChI is InChI=1S/C24H26N4OS2/c1-17-22(18-10-4-2-5-11-18)23(26-20-13-7-6-12-19(20)25-17)27-21(29)16-31-24(30)28-14-8-3-9-15-28/h2,4-7,10-13,22,25H,1,3,8-9,14-16H2,(H,26,27,29). The van der Waals surface area contributed by atoms with Crippen LogP contribution in [0, 0.1) is 0 Å². The summed E-state index contributed by atoms with van der Waals surface area (Å²) in [5.41, 5.74) is 3.43. The van der Waals surface area contributed by atoms with Crippen LogP contribution in [0.2, 0.25) is 0 Å². The van der Waals surface area contributed by atoms with Gasteiger partial charge in [0, 0.05) is 18.8 Å². The normalized spacial score (nSPS) is 18.3. The molecule has 2 aromatic rings. The van der Waals surface area contributed by atoms with Gasteiger partial charge in [-0.25, -0.2) is 4.99 Å². The van der Waals surface area contributed by atoms with Crippen LogP contribution < -0.4 is 10.6 Å². The smallest absolute Gasteiger partial charge is 0.235 e. The van der Waals surface area contributed by atoms with Gasteiger partial charge in [0.25, 0.3) is 0 Å². The molecular formula is C24H26N4OS2. The van der Waals surface area contributed by atoms with Crippen LogP contribution in [0.5, 0.6) is 0 Å². The van der Waals surface area contributed by atoms with Crippen LogP contribution in [0.15, 0.2) is 71.9 Å². The summed E-state index contributed by atoms with van der Waals surface area (Å²) in [5, 5.41) is 6.42. The van der Waals surface area contributed by atoms with Crippen molar-refractivity contribution in [2.24, 2.45) is 4.99 Å². The number of nitrogens with one attached hydrogen (secondary N) is 2. The lowest BCUT2D eigenvalue weighted by molar-refractivity contribution is -0.117. The zero-order valence-electron chi connectivity index (χ0n) is 17.3. The van der Waals surface area contributed by atoms with Gasteiger partial charge in [-0.2, -0.15) is 0 Å². The van der Waals surface area contributed by atoms with Gasteiger partial charge in [-0.1, -0.05) is 73.0 Å². The average Bonchev–Trinajstić information content (AvgIpc) is 2.93. The lowest BCUT2D eigenvalue weighted by Gasteiger charge is -2.28. The van der Waals surface area contributed by atoms with E-state index < -0.39 is 0 Å². The number of hydrogen-bond acceptors (Lipinski definition) is 5. The van der Waals surface area contributed by atoms with E-state index in [1.165, 1.54) is 18.2 Å². The summed E-state index contributed by atoms with van der Waals surface area (Å²) in [6.07, 6.45) is 3.58. The third-order valence-corrected chi connectivity index (χ3v) is 6.93. The SMILES string of the molecule is C=C1Nc2ccccc2N=C(NC(=O)CSC(=S)N2CCCCC2)C1c1ccccc1. The topological polar surface area (TPSA) is 56.7 Å². The molecule has 1 saturated heterocycles. The number of amides is 1. The van der Waals surface area contributed by atoms with E-state index in [-0.39, 0.29) is 17.6 Å². The Morgan fingerprint density at radius 2 is 1.84 bits per heavy atom. The van der Waals surface area contributed by atoms with Crippen molar-refractivity contribution >= 4 is 51.4 Å². The van der Waals surface area contributed by atoms with Crippen LogP contribution >= 0.6 is 24.0 Å². The summed E-state index contributed by atoms with van der Waals surface area (Å²) in [5.74, 6) is 0.452. The number of aliphatic imine (C=N–C) groups is 1. The lowest BCUT2D eigenvalue weighted by atomic mass is 9.94. The molecule has 0 spiro atoms. The van der Waals surface area contributed by atoms with Crippen LogP contribution in [0.25, 0.3) is 0 Å². The van der Waals surface area contributed by atoms with E-state index in [1.54, 1.807) is 0 Å². The summed E-state index contributed by atoms with van der Waals surface area (Å²) in [6, 6.07) is 17.7. The number of thioether (sulfide) groups is 1. The number of rotatable bonds is 3. The van der Waals surface area contributed by atoms with Crippen LogP contribution in [-0.2, 0) is 4.79 Å². The molecule has 5 nitrogen and oxygen atoms in total. The number of benzene rings is 2. The number of likely N-dealkylation sites (tertiary alicyclic amines) is 1. The number of carbonyl (C=O) groups excluding carboxylic acids is 1. The Morgan fingerprint density at radius 3 is 2.61 bits per heavy atom. The number of piperidine rings is 1. The zero-order chi connectivity index (χ0) is 21.6. The van der Waals surface area contributed by atoms with Crippen molar-refractivity contribution < 1.29 is 4.79 Å². The average molecular weight is 451 g/mol. The number of thiocarbonyl (C=S) groups is 1. The molecule has 1 unspecified atom stereocenters. The van der Waals surface area contributed by atoms with Gasteiger partial charge in [-0.15, -0.1) is 0 Å². The highest BCUT2D eigenvalue weighted by Crippen LogP contribution is 2.35. The molecule has 0 radical (unpaired) electrons. The summed E-state index contributed by atoms with van der Waals surface area (Å²) in [4.78, 5) is 19.9. The molecule has 0 saturated carbocycles. The number of anilines is 1. The minimum absolute atomic E-state index is 0.115. The maximum atomic E-state index is 12.9. The zero-order valence-corrected chi connectivity index (χ0v) is 19.0. The maximum absolute atomic E-state index is 12.9. The number of amidine groups is 1. The van der Waals surface area contributed by atoms with Gasteiger partial charge in [-0.3, -0.25) is 4.79 Å². The van der Waals surface area contributed by atoms with E-state index in [0.29, 0.717) is 5.84 Å². The largest absolute Gasteiger partial charge is 0.358 e. The van der Waals surface area contributed by atoms with Crippen molar-refractivity contribution in [2.45, 2.75) is 25.2 Å². The molecule has 2 aliphatic rings. The highest BCUT2D eigenvalue weighted by Gasteiger charge is 2.27. The van der Waals surface area contributed by atoms with E-state index in [2.05, 4.69) is 22.1 Å². The number of nitrogens with zero attached hydrogens (tertiary/aromatic N) is 2. The molecule has 2 heterocycles. The van der Waals surface area contributed by atoms with Crippen LogP contribution in [-0.4, -0.2) is 39.8 Å². The molecule has 2 aliphatic heterocycles. The van der Waals surface area contributed by atoms with Crippen molar-refractivity contribution in [1.29, 1.82) is 0 Å². The van der Waals surface area contributed by atoms with Crippen molar-refractivity contribution in [3.63, 3.8) is 0 Å². The van der Waals surface area contributed by atoms with Gasteiger partial charge < -0.3 is 15.5 Å². The number of fused-ring (bicyclic) bond motifs is 1. The van der Waals surface area contributed by atoms with Crippen molar-refractivity contribution in [3.8, 4) is 0 Å². The third-order valence-electron chi connectivity index (χ3n) is 5.40. The first-order chi connectivity index (χ1) is 15.1. The van der Waals surface area contributed by atoms with Crippen LogP contribution in [0.4, 0.5) is 11.4 Å². The Hall–Kier alpha value is -2.64. The molecule has 160 valence electrons. The fraction of sp³-hybridized carbons (Fsp3) is 0.292. The van der Waals surface area contributed by atoms with E-state index in [4.69, 9.17) is 17.2 Å². The Labute approximate surface area is 193 Å². The van der Waals surface area contributed by atoms with E-state index in [9.17, 15) is 4.79 Å². The Balaban J connectivity index is 1.52. The van der Waals surface area contributed by atoms with Crippen molar-refractivity contribution in [2.75, 3.05) is 24.2 Å². The first kappa shape index (κ1) is 21.6. The van der Waals surface area contributed by atoms with Gasteiger partial charge in [0.05, 0.1) is 23.0 Å². The fourth-order valence-corrected chi connectivity index (χ4v) is 4.91. The summed E-state index contributed by atoms with van der Waals surface area (Å²) in [7, 11) is 0. The minimum atomic E-state index is -0.267. The minimum Gasteiger partial charge on any atom is -0.358 e. The van der Waals surface area contributed by atoms with Crippen molar-refractivity contribution in [1.82, 2.24) is 10.2 Å². The van der Waals surface area contributed by atoms with E-state index in [0.717, 1.165) is 52.9 Å². The first-order valence-corrected chi connectivity index (χ1v) is 11.9. The second-order valence-corrected chi connectivity index (χ2v) is 9.27. The van der Waals surface area contributed by atoms with Crippen LogP contribution in [0.1, 0.15) is 30.7 Å². The Kier molecular flexibility index (Phi) is 7.04. The van der Waals surface area contributed by atoms with Crippen molar-refractivity contribution in [3.05, 3.63) is 72.4 Å². The quantitative estimate of drug-likeness (QED) is 0.640.